The van der Waals surface area contributed by atoms with Crippen molar-refractivity contribution < 1.29 is 9.53 Å². The second-order valence-corrected chi connectivity index (χ2v) is 5.90. The first kappa shape index (κ1) is 14.7. The van der Waals surface area contributed by atoms with Crippen molar-refractivity contribution in [3.05, 3.63) is 53.0 Å². The molecule has 3 aromatic rings. The van der Waals surface area contributed by atoms with Crippen LogP contribution in [0.1, 0.15) is 23.0 Å². The van der Waals surface area contributed by atoms with E-state index in [9.17, 15) is 4.79 Å². The lowest BCUT2D eigenvalue weighted by Crippen LogP contribution is -2.25. The lowest BCUT2D eigenvalue weighted by atomic mass is 10.2. The van der Waals surface area contributed by atoms with E-state index >= 15 is 0 Å². The van der Waals surface area contributed by atoms with Crippen molar-refractivity contribution in [2.45, 2.75) is 13.5 Å². The van der Waals surface area contributed by atoms with Crippen LogP contribution in [0.3, 0.4) is 0 Å². The quantitative estimate of drug-likeness (QED) is 0.783. The van der Waals surface area contributed by atoms with Crippen LogP contribution in [-0.4, -0.2) is 24.1 Å². The van der Waals surface area contributed by atoms with E-state index in [1.807, 2.05) is 42.6 Å². The smallest absolute Gasteiger partial charge is 0.267 e. The highest BCUT2D eigenvalue weighted by atomic mass is 32.1. The van der Waals surface area contributed by atoms with Crippen molar-refractivity contribution in [3.8, 4) is 5.75 Å². The molecule has 1 aromatic carbocycles. The van der Waals surface area contributed by atoms with Crippen LogP contribution in [0.25, 0.3) is 10.2 Å². The van der Waals surface area contributed by atoms with Gasteiger partial charge in [-0.2, -0.15) is 0 Å². The molecule has 22 heavy (non-hydrogen) atoms. The van der Waals surface area contributed by atoms with Crippen molar-refractivity contribution in [1.82, 2.24) is 9.88 Å². The van der Waals surface area contributed by atoms with Gasteiger partial charge in [-0.1, -0.05) is 18.2 Å². The molecule has 0 aliphatic rings. The molecule has 1 amide bonds. The summed E-state index contributed by atoms with van der Waals surface area (Å²) in [6.45, 7) is 3.15. The number of ether oxygens (including phenoxy) is 1. The summed E-state index contributed by atoms with van der Waals surface area (Å²) in [6, 6.07) is 11.9. The zero-order valence-electron chi connectivity index (χ0n) is 12.6. The van der Waals surface area contributed by atoms with Gasteiger partial charge in [-0.25, -0.2) is 0 Å². The van der Waals surface area contributed by atoms with Gasteiger partial charge < -0.3 is 14.6 Å². The minimum absolute atomic E-state index is 0.0409. The van der Waals surface area contributed by atoms with Gasteiger partial charge >= 0.3 is 0 Å². The highest BCUT2D eigenvalue weighted by molar-refractivity contribution is 7.17. The molecule has 4 nitrogen and oxygen atoms in total. The highest BCUT2D eigenvalue weighted by Crippen LogP contribution is 2.28. The van der Waals surface area contributed by atoms with E-state index in [2.05, 4.69) is 16.0 Å². The third kappa shape index (κ3) is 2.60. The molecule has 0 radical (unpaired) electrons. The second kappa shape index (κ2) is 6.23. The van der Waals surface area contributed by atoms with E-state index in [0.29, 0.717) is 18.8 Å². The van der Waals surface area contributed by atoms with Gasteiger partial charge in [0.2, 0.25) is 0 Å². The molecule has 2 aromatic heterocycles. The van der Waals surface area contributed by atoms with Crippen LogP contribution < -0.4 is 10.1 Å². The van der Waals surface area contributed by atoms with Crippen molar-refractivity contribution in [1.29, 1.82) is 0 Å². The molecule has 0 aliphatic carbocycles. The molecule has 0 spiro atoms. The minimum Gasteiger partial charge on any atom is -0.496 e. The number of para-hydroxylation sites is 1. The lowest BCUT2D eigenvalue weighted by molar-refractivity contribution is 0.0947. The Hall–Kier alpha value is -2.27. The Labute approximate surface area is 133 Å². The topological polar surface area (TPSA) is 43.3 Å². The van der Waals surface area contributed by atoms with E-state index < -0.39 is 0 Å². The normalized spacial score (nSPS) is 10.8. The van der Waals surface area contributed by atoms with Crippen molar-refractivity contribution in [3.63, 3.8) is 0 Å². The summed E-state index contributed by atoms with van der Waals surface area (Å²) in [5.74, 6) is 0.794. The van der Waals surface area contributed by atoms with Crippen LogP contribution in [-0.2, 0) is 6.54 Å². The number of carbonyl (C=O) groups excluding carboxylic acids is 1. The fourth-order valence-corrected chi connectivity index (χ4v) is 3.41. The molecule has 0 fully saturated rings. The van der Waals surface area contributed by atoms with Crippen molar-refractivity contribution >= 4 is 27.5 Å². The molecule has 0 saturated carbocycles. The predicted molar refractivity (Wildman–Crippen MR) is 89.9 cm³/mol. The lowest BCUT2D eigenvalue weighted by Gasteiger charge is -2.13. The minimum atomic E-state index is -0.0409. The van der Waals surface area contributed by atoms with Crippen LogP contribution in [0.4, 0.5) is 0 Å². The molecule has 0 saturated heterocycles. The number of methoxy groups -OCH3 is 1. The highest BCUT2D eigenvalue weighted by Gasteiger charge is 2.17. The van der Waals surface area contributed by atoms with E-state index in [4.69, 9.17) is 4.74 Å². The largest absolute Gasteiger partial charge is 0.496 e. The molecular weight excluding hydrogens is 296 g/mol. The molecule has 1 N–H and O–H groups in total. The van der Waals surface area contributed by atoms with Crippen molar-refractivity contribution in [2.24, 2.45) is 0 Å². The SMILES string of the molecule is CCNC(=O)c1cc2sccc2n1Cc1ccccc1OC. The molecule has 5 heteroatoms. The predicted octanol–water partition coefficient (Wildman–Crippen LogP) is 3.51. The van der Waals surface area contributed by atoms with Gasteiger partial charge in [-0.05, 0) is 30.5 Å². The third-order valence-corrected chi connectivity index (χ3v) is 4.47. The molecule has 0 unspecified atom stereocenters. The van der Waals surface area contributed by atoms with Gasteiger partial charge in [0, 0.05) is 12.1 Å². The zero-order valence-corrected chi connectivity index (χ0v) is 13.4. The summed E-state index contributed by atoms with van der Waals surface area (Å²) in [5, 5.41) is 4.93. The number of hydrogen-bond donors (Lipinski definition) is 1. The van der Waals surface area contributed by atoms with E-state index in [1.165, 1.54) is 0 Å². The Morgan fingerprint density at radius 3 is 2.91 bits per heavy atom. The molecular formula is C17H18N2O2S. The molecule has 0 atom stereocenters. The maximum Gasteiger partial charge on any atom is 0.267 e. The number of amides is 1. The number of fused-ring (bicyclic) bond motifs is 1. The number of rotatable bonds is 5. The van der Waals surface area contributed by atoms with Crippen molar-refractivity contribution in [2.75, 3.05) is 13.7 Å². The second-order valence-electron chi connectivity index (χ2n) is 4.96. The summed E-state index contributed by atoms with van der Waals surface area (Å²) in [4.78, 5) is 12.3. The number of nitrogens with zero attached hydrogens (tertiary/aromatic N) is 1. The monoisotopic (exact) mass is 314 g/mol. The molecule has 114 valence electrons. The molecule has 0 bridgehead atoms. The number of carbonyl (C=O) groups is 1. The van der Waals surface area contributed by atoms with Crippen LogP contribution in [0.5, 0.6) is 5.75 Å². The molecule has 0 aliphatic heterocycles. The molecule has 2 heterocycles. The Kier molecular flexibility index (Phi) is 4.15. The average molecular weight is 314 g/mol. The number of nitrogens with one attached hydrogen (secondary N) is 1. The van der Waals surface area contributed by atoms with Gasteiger partial charge in [0.15, 0.2) is 0 Å². The Morgan fingerprint density at radius 1 is 1.32 bits per heavy atom. The maximum absolute atomic E-state index is 12.3. The van der Waals surface area contributed by atoms with E-state index in [1.54, 1.807) is 18.4 Å². The fourth-order valence-electron chi connectivity index (χ4n) is 2.59. The first-order valence-corrected chi connectivity index (χ1v) is 8.09. The Morgan fingerprint density at radius 2 is 2.14 bits per heavy atom. The van der Waals surface area contributed by atoms with Gasteiger partial charge in [0.25, 0.3) is 5.91 Å². The summed E-state index contributed by atoms with van der Waals surface area (Å²) in [5.41, 5.74) is 2.83. The molecule has 3 rings (SSSR count). The number of aromatic nitrogens is 1. The fraction of sp³-hybridized carbons (Fsp3) is 0.235. The van der Waals surface area contributed by atoms with Gasteiger partial charge in [-0.3, -0.25) is 4.79 Å². The summed E-state index contributed by atoms with van der Waals surface area (Å²) >= 11 is 1.65. The first-order chi connectivity index (χ1) is 10.7. The standard InChI is InChI=1S/C17H18N2O2S/c1-3-18-17(20)14-10-16-13(8-9-22-16)19(14)11-12-6-4-5-7-15(12)21-2/h4-10H,3,11H2,1-2H3,(H,18,20). The third-order valence-electron chi connectivity index (χ3n) is 3.61. The van der Waals surface area contributed by atoms with Crippen LogP contribution in [0.2, 0.25) is 0 Å². The Bertz CT molecular complexity index is 804. The average Bonchev–Trinajstić information content (AvgIpc) is 3.10. The summed E-state index contributed by atoms with van der Waals surface area (Å²) in [6.07, 6.45) is 0. The van der Waals surface area contributed by atoms with Crippen LogP contribution in [0, 0.1) is 0 Å². The summed E-state index contributed by atoms with van der Waals surface area (Å²) in [7, 11) is 1.67. The number of thiophene rings is 1. The van der Waals surface area contributed by atoms with E-state index in [-0.39, 0.29) is 5.91 Å². The van der Waals surface area contributed by atoms with E-state index in [0.717, 1.165) is 21.5 Å². The van der Waals surface area contributed by atoms with Crippen LogP contribution in [0.15, 0.2) is 41.8 Å². The van der Waals surface area contributed by atoms with Crippen LogP contribution >= 0.6 is 11.3 Å². The summed E-state index contributed by atoms with van der Waals surface area (Å²) < 4.78 is 8.60. The maximum atomic E-state index is 12.3. The van der Waals surface area contributed by atoms with Gasteiger partial charge in [0.05, 0.1) is 23.9 Å². The first-order valence-electron chi connectivity index (χ1n) is 7.21. The van der Waals surface area contributed by atoms with Gasteiger partial charge in [0.1, 0.15) is 11.4 Å². The number of hydrogen-bond acceptors (Lipinski definition) is 3. The number of benzene rings is 1. The zero-order chi connectivity index (χ0) is 15.5. The Balaban J connectivity index is 2.06. The van der Waals surface area contributed by atoms with Gasteiger partial charge in [-0.15, -0.1) is 11.3 Å².